The minimum Gasteiger partial charge on any atom is -0.354 e. The standard InChI is InChI=1S/C12H18F3N5/c1-7(2)20(6-8-3-4-8)10-5-9(19-16)17-11(18-10)12(13,14)15/h5,7-8H,3-4,6,16H2,1-2H3,(H,17,18,19). The van der Waals surface area contributed by atoms with Gasteiger partial charge in [0.05, 0.1) is 0 Å². The minimum absolute atomic E-state index is 0.0382. The summed E-state index contributed by atoms with van der Waals surface area (Å²) in [4.78, 5) is 8.87. The number of halogens is 3. The van der Waals surface area contributed by atoms with Crippen LogP contribution in [-0.4, -0.2) is 22.6 Å². The van der Waals surface area contributed by atoms with Crippen molar-refractivity contribution in [3.05, 3.63) is 11.9 Å². The number of hydrogen-bond donors (Lipinski definition) is 2. The van der Waals surface area contributed by atoms with Crippen LogP contribution in [0.3, 0.4) is 0 Å². The molecular formula is C12H18F3N5. The second-order valence-electron chi connectivity index (χ2n) is 5.27. The first-order valence-electron chi connectivity index (χ1n) is 6.50. The zero-order chi connectivity index (χ0) is 14.9. The summed E-state index contributed by atoms with van der Waals surface area (Å²) in [6.07, 6.45) is -2.37. The second-order valence-corrected chi connectivity index (χ2v) is 5.27. The van der Waals surface area contributed by atoms with Crippen molar-refractivity contribution in [1.29, 1.82) is 0 Å². The van der Waals surface area contributed by atoms with E-state index < -0.39 is 12.0 Å². The molecule has 0 unspecified atom stereocenters. The molecule has 0 bridgehead atoms. The van der Waals surface area contributed by atoms with Crippen LogP contribution >= 0.6 is 0 Å². The molecule has 2 rings (SSSR count). The summed E-state index contributed by atoms with van der Waals surface area (Å²) in [5.41, 5.74) is 2.16. The van der Waals surface area contributed by atoms with Crippen molar-refractivity contribution in [3.8, 4) is 0 Å². The van der Waals surface area contributed by atoms with Crippen LogP contribution < -0.4 is 16.2 Å². The molecule has 0 aliphatic heterocycles. The number of hydrogen-bond acceptors (Lipinski definition) is 5. The van der Waals surface area contributed by atoms with E-state index in [2.05, 4.69) is 15.4 Å². The molecule has 0 spiro atoms. The average Bonchev–Trinajstić information content (AvgIpc) is 3.17. The number of nitrogen functional groups attached to an aromatic ring is 1. The Balaban J connectivity index is 2.36. The number of rotatable bonds is 5. The lowest BCUT2D eigenvalue weighted by molar-refractivity contribution is -0.144. The van der Waals surface area contributed by atoms with E-state index in [1.165, 1.54) is 6.07 Å². The topological polar surface area (TPSA) is 67.1 Å². The Morgan fingerprint density at radius 1 is 1.40 bits per heavy atom. The number of aromatic nitrogens is 2. The molecule has 3 N–H and O–H groups in total. The van der Waals surface area contributed by atoms with E-state index in [1.807, 2.05) is 18.7 Å². The lowest BCUT2D eigenvalue weighted by Gasteiger charge is -2.28. The number of hydrazine groups is 1. The van der Waals surface area contributed by atoms with Gasteiger partial charge in [0.2, 0.25) is 5.82 Å². The van der Waals surface area contributed by atoms with Crippen molar-refractivity contribution in [2.24, 2.45) is 11.8 Å². The van der Waals surface area contributed by atoms with Crippen molar-refractivity contribution in [2.45, 2.75) is 38.9 Å². The Kier molecular flexibility index (Phi) is 4.03. The fourth-order valence-corrected chi connectivity index (χ4v) is 1.93. The third-order valence-electron chi connectivity index (χ3n) is 3.18. The summed E-state index contributed by atoms with van der Waals surface area (Å²) in [5, 5.41) is 0. The normalized spacial score (nSPS) is 15.6. The van der Waals surface area contributed by atoms with E-state index in [0.717, 1.165) is 12.8 Å². The molecule has 0 atom stereocenters. The fraction of sp³-hybridized carbons (Fsp3) is 0.667. The summed E-state index contributed by atoms with van der Waals surface area (Å²) < 4.78 is 38.4. The van der Waals surface area contributed by atoms with Crippen LogP contribution in [0.15, 0.2) is 6.07 Å². The summed E-state index contributed by atoms with van der Waals surface area (Å²) in [5.74, 6) is 4.77. The number of nitrogens with two attached hydrogens (primary N) is 1. The van der Waals surface area contributed by atoms with E-state index in [9.17, 15) is 13.2 Å². The lowest BCUT2D eigenvalue weighted by Crippen LogP contribution is -2.34. The van der Waals surface area contributed by atoms with Gasteiger partial charge in [0, 0.05) is 18.7 Å². The number of alkyl halides is 3. The molecule has 112 valence electrons. The van der Waals surface area contributed by atoms with Crippen molar-refractivity contribution in [1.82, 2.24) is 9.97 Å². The lowest BCUT2D eigenvalue weighted by atomic mass is 10.2. The summed E-state index contributed by atoms with van der Waals surface area (Å²) in [7, 11) is 0. The van der Waals surface area contributed by atoms with Crippen LogP contribution in [0.5, 0.6) is 0 Å². The van der Waals surface area contributed by atoms with Crippen molar-refractivity contribution < 1.29 is 13.2 Å². The minimum atomic E-state index is -4.59. The van der Waals surface area contributed by atoms with Crippen LogP contribution in [0.25, 0.3) is 0 Å². The van der Waals surface area contributed by atoms with Crippen LogP contribution in [0.2, 0.25) is 0 Å². The largest absolute Gasteiger partial charge is 0.451 e. The molecule has 8 heteroatoms. The van der Waals surface area contributed by atoms with Gasteiger partial charge in [-0.05, 0) is 32.6 Å². The Bertz CT molecular complexity index is 471. The Labute approximate surface area is 115 Å². The highest BCUT2D eigenvalue weighted by Crippen LogP contribution is 2.34. The highest BCUT2D eigenvalue weighted by atomic mass is 19.4. The maximum atomic E-state index is 12.8. The molecule has 1 fully saturated rings. The van der Waals surface area contributed by atoms with Crippen LogP contribution in [0, 0.1) is 5.92 Å². The van der Waals surface area contributed by atoms with Gasteiger partial charge < -0.3 is 10.3 Å². The van der Waals surface area contributed by atoms with Gasteiger partial charge in [-0.15, -0.1) is 0 Å². The first kappa shape index (κ1) is 14.8. The molecule has 1 saturated carbocycles. The molecule has 1 aliphatic rings. The van der Waals surface area contributed by atoms with Crippen LogP contribution in [-0.2, 0) is 6.18 Å². The van der Waals surface area contributed by atoms with Gasteiger partial charge in [0.25, 0.3) is 0 Å². The SMILES string of the molecule is CC(C)N(CC1CC1)c1cc(NN)nc(C(F)(F)F)n1. The molecule has 1 aromatic heterocycles. The molecule has 1 aliphatic carbocycles. The van der Waals surface area contributed by atoms with E-state index in [0.29, 0.717) is 12.5 Å². The van der Waals surface area contributed by atoms with E-state index in [-0.39, 0.29) is 17.7 Å². The molecule has 0 amide bonds. The van der Waals surface area contributed by atoms with Crippen LogP contribution in [0.4, 0.5) is 24.8 Å². The first-order chi connectivity index (χ1) is 9.31. The predicted molar refractivity (Wildman–Crippen MR) is 70.1 cm³/mol. The van der Waals surface area contributed by atoms with Crippen LogP contribution in [0.1, 0.15) is 32.5 Å². The van der Waals surface area contributed by atoms with Crippen molar-refractivity contribution in [3.63, 3.8) is 0 Å². The van der Waals surface area contributed by atoms with E-state index in [4.69, 9.17) is 5.84 Å². The van der Waals surface area contributed by atoms with Gasteiger partial charge in [-0.2, -0.15) is 13.2 Å². The first-order valence-corrected chi connectivity index (χ1v) is 6.50. The van der Waals surface area contributed by atoms with E-state index in [1.54, 1.807) is 0 Å². The zero-order valence-corrected chi connectivity index (χ0v) is 11.4. The van der Waals surface area contributed by atoms with E-state index >= 15 is 0 Å². The average molecular weight is 289 g/mol. The van der Waals surface area contributed by atoms with Gasteiger partial charge >= 0.3 is 6.18 Å². The fourth-order valence-electron chi connectivity index (χ4n) is 1.93. The molecule has 1 heterocycles. The summed E-state index contributed by atoms with van der Waals surface area (Å²) in [6.45, 7) is 4.55. The maximum absolute atomic E-state index is 12.8. The molecule has 5 nitrogen and oxygen atoms in total. The van der Waals surface area contributed by atoms with Crippen molar-refractivity contribution in [2.75, 3.05) is 16.9 Å². The third-order valence-corrected chi connectivity index (χ3v) is 3.18. The highest BCUT2D eigenvalue weighted by Gasteiger charge is 2.36. The molecule has 0 radical (unpaired) electrons. The molecule has 0 saturated heterocycles. The number of nitrogens with zero attached hydrogens (tertiary/aromatic N) is 3. The van der Waals surface area contributed by atoms with Gasteiger partial charge in [-0.25, -0.2) is 15.8 Å². The monoisotopic (exact) mass is 289 g/mol. The zero-order valence-electron chi connectivity index (χ0n) is 11.4. The Morgan fingerprint density at radius 2 is 2.05 bits per heavy atom. The third kappa shape index (κ3) is 3.50. The van der Waals surface area contributed by atoms with Gasteiger partial charge in [-0.3, -0.25) is 0 Å². The summed E-state index contributed by atoms with van der Waals surface area (Å²) in [6, 6.07) is 1.50. The maximum Gasteiger partial charge on any atom is 0.451 e. The van der Waals surface area contributed by atoms with Gasteiger partial charge in [0.15, 0.2) is 0 Å². The quantitative estimate of drug-likeness (QED) is 0.643. The number of nitrogens with one attached hydrogen (secondary N) is 1. The number of anilines is 2. The Morgan fingerprint density at radius 3 is 2.50 bits per heavy atom. The highest BCUT2D eigenvalue weighted by molar-refractivity contribution is 5.50. The van der Waals surface area contributed by atoms with Crippen molar-refractivity contribution >= 4 is 11.6 Å². The molecular weight excluding hydrogens is 271 g/mol. The summed E-state index contributed by atoms with van der Waals surface area (Å²) >= 11 is 0. The molecule has 20 heavy (non-hydrogen) atoms. The second kappa shape index (κ2) is 5.43. The molecule has 1 aromatic rings. The van der Waals surface area contributed by atoms with Gasteiger partial charge in [0.1, 0.15) is 11.6 Å². The smallest absolute Gasteiger partial charge is 0.354 e. The molecule has 0 aromatic carbocycles. The van der Waals surface area contributed by atoms with Gasteiger partial charge in [-0.1, -0.05) is 0 Å². The predicted octanol–water partition coefficient (Wildman–Crippen LogP) is 2.41. The Hall–Kier alpha value is -1.57.